The number of anilines is 1. The molecule has 8 heteroatoms. The molecule has 0 atom stereocenters. The maximum absolute atomic E-state index is 11.8. The number of ether oxygens (including phenoxy) is 4. The zero-order valence-corrected chi connectivity index (χ0v) is 14.1. The number of carbonyl (C=O) groups is 2. The molecular weight excluding hydrogens is 340 g/mol. The molecule has 26 heavy (non-hydrogen) atoms. The fraction of sp³-hybridized carbons (Fsp3) is 0.222. The Kier molecular flexibility index (Phi) is 5.43. The Morgan fingerprint density at radius 3 is 2.54 bits per heavy atom. The minimum atomic E-state index is -0.464. The van der Waals surface area contributed by atoms with Crippen LogP contribution in [0.1, 0.15) is 6.42 Å². The molecule has 2 aromatic carbocycles. The van der Waals surface area contributed by atoms with Gasteiger partial charge in [0.1, 0.15) is 11.5 Å². The highest BCUT2D eigenvalue weighted by Crippen LogP contribution is 2.35. The Balaban J connectivity index is 1.39. The van der Waals surface area contributed by atoms with Gasteiger partial charge in [-0.2, -0.15) is 0 Å². The molecule has 0 radical (unpaired) electrons. The molecule has 3 rings (SSSR count). The van der Waals surface area contributed by atoms with E-state index in [4.69, 9.17) is 18.9 Å². The third kappa shape index (κ3) is 4.56. The van der Waals surface area contributed by atoms with Gasteiger partial charge in [-0.1, -0.05) is 0 Å². The van der Waals surface area contributed by atoms with Crippen LogP contribution in [0.4, 0.5) is 10.5 Å². The summed E-state index contributed by atoms with van der Waals surface area (Å²) in [6, 6.07) is 11.4. The number of carbonyl (C=O) groups excluding carboxylic acids is 2. The van der Waals surface area contributed by atoms with Gasteiger partial charge in [-0.15, -0.1) is 0 Å². The molecule has 0 unspecified atom stereocenters. The Hall–Kier alpha value is -3.42. The monoisotopic (exact) mass is 358 g/mol. The molecule has 1 heterocycles. The van der Waals surface area contributed by atoms with Crippen LogP contribution in [0.3, 0.4) is 0 Å². The molecule has 0 bridgehead atoms. The second-order valence-corrected chi connectivity index (χ2v) is 5.35. The van der Waals surface area contributed by atoms with Gasteiger partial charge >= 0.3 is 12.0 Å². The van der Waals surface area contributed by atoms with E-state index >= 15 is 0 Å². The quantitative estimate of drug-likeness (QED) is 0.609. The normalized spacial score (nSPS) is 11.6. The van der Waals surface area contributed by atoms with E-state index in [0.717, 1.165) is 0 Å². The van der Waals surface area contributed by atoms with Gasteiger partial charge in [0, 0.05) is 18.3 Å². The van der Waals surface area contributed by atoms with Crippen molar-refractivity contribution in [3.63, 3.8) is 0 Å². The fourth-order valence-corrected chi connectivity index (χ4v) is 2.25. The topological polar surface area (TPSA) is 95.1 Å². The van der Waals surface area contributed by atoms with Crippen LogP contribution in [0.25, 0.3) is 0 Å². The third-order valence-electron chi connectivity index (χ3n) is 3.54. The number of hydrogen-bond acceptors (Lipinski definition) is 6. The first-order valence-corrected chi connectivity index (χ1v) is 7.93. The van der Waals surface area contributed by atoms with Crippen LogP contribution in [-0.4, -0.2) is 32.4 Å². The Morgan fingerprint density at radius 1 is 1.04 bits per heavy atom. The van der Waals surface area contributed by atoms with E-state index in [9.17, 15) is 9.59 Å². The molecule has 0 spiro atoms. The molecule has 0 fully saturated rings. The molecule has 8 nitrogen and oxygen atoms in total. The van der Waals surface area contributed by atoms with Gasteiger partial charge in [-0.25, -0.2) is 4.79 Å². The van der Waals surface area contributed by atoms with Crippen LogP contribution in [0.15, 0.2) is 42.5 Å². The van der Waals surface area contributed by atoms with Crippen LogP contribution >= 0.6 is 0 Å². The van der Waals surface area contributed by atoms with Crippen molar-refractivity contribution >= 4 is 17.7 Å². The first kappa shape index (κ1) is 17.4. The molecule has 0 aromatic heterocycles. The van der Waals surface area contributed by atoms with Gasteiger partial charge in [0.25, 0.3) is 0 Å². The maximum atomic E-state index is 11.8. The average Bonchev–Trinajstić information content (AvgIpc) is 3.10. The van der Waals surface area contributed by atoms with Crippen molar-refractivity contribution in [1.82, 2.24) is 5.32 Å². The van der Waals surface area contributed by atoms with Crippen LogP contribution in [-0.2, 0) is 4.79 Å². The van der Waals surface area contributed by atoms with Crippen LogP contribution in [0.5, 0.6) is 23.0 Å². The number of urea groups is 1. The summed E-state index contributed by atoms with van der Waals surface area (Å²) in [4.78, 5) is 23.6. The molecule has 136 valence electrons. The minimum Gasteiger partial charge on any atom is -0.497 e. The summed E-state index contributed by atoms with van der Waals surface area (Å²) >= 11 is 0. The summed E-state index contributed by atoms with van der Waals surface area (Å²) in [5, 5.41) is 5.25. The van der Waals surface area contributed by atoms with Gasteiger partial charge in [-0.05, 0) is 36.4 Å². The molecule has 0 saturated heterocycles. The number of rotatable bonds is 6. The van der Waals surface area contributed by atoms with Crippen molar-refractivity contribution in [2.24, 2.45) is 0 Å². The molecule has 2 amide bonds. The number of amides is 2. The second-order valence-electron chi connectivity index (χ2n) is 5.35. The SMILES string of the molecule is COc1ccc(NC(=O)NCCC(=O)Oc2ccc3c(c2)OCO3)cc1. The molecular formula is C18H18N2O6. The van der Waals surface area contributed by atoms with Crippen LogP contribution in [0.2, 0.25) is 0 Å². The third-order valence-corrected chi connectivity index (χ3v) is 3.54. The second kappa shape index (κ2) is 8.11. The minimum absolute atomic E-state index is 0.0322. The lowest BCUT2D eigenvalue weighted by atomic mass is 10.3. The number of benzene rings is 2. The summed E-state index contributed by atoms with van der Waals surface area (Å²) in [7, 11) is 1.57. The summed E-state index contributed by atoms with van der Waals surface area (Å²) in [5.41, 5.74) is 0.617. The molecule has 1 aliphatic heterocycles. The molecule has 2 N–H and O–H groups in total. The van der Waals surface area contributed by atoms with Crippen molar-refractivity contribution in [2.75, 3.05) is 25.8 Å². The molecule has 2 aromatic rings. The Labute approximate surface area is 150 Å². The van der Waals surface area contributed by atoms with Gasteiger partial charge in [0.2, 0.25) is 6.79 Å². The highest BCUT2D eigenvalue weighted by atomic mass is 16.7. The molecule has 1 aliphatic rings. The summed E-state index contributed by atoms with van der Waals surface area (Å²) in [6.45, 7) is 0.297. The van der Waals surface area contributed by atoms with Crippen LogP contribution in [0, 0.1) is 0 Å². The number of hydrogen-bond donors (Lipinski definition) is 2. The zero-order valence-electron chi connectivity index (χ0n) is 14.1. The lowest BCUT2D eigenvalue weighted by Crippen LogP contribution is -2.31. The van der Waals surface area contributed by atoms with Crippen molar-refractivity contribution in [2.45, 2.75) is 6.42 Å². The summed E-state index contributed by atoms with van der Waals surface area (Å²) in [5.74, 6) is 1.74. The van der Waals surface area contributed by atoms with Crippen LogP contribution < -0.4 is 29.6 Å². The molecule has 0 aliphatic carbocycles. The number of methoxy groups -OCH3 is 1. The first-order valence-electron chi connectivity index (χ1n) is 7.93. The van der Waals surface area contributed by atoms with Crippen molar-refractivity contribution in [3.8, 4) is 23.0 Å². The van der Waals surface area contributed by atoms with Crippen molar-refractivity contribution in [1.29, 1.82) is 0 Å². The van der Waals surface area contributed by atoms with E-state index in [0.29, 0.717) is 28.7 Å². The van der Waals surface area contributed by atoms with Gasteiger partial charge in [-0.3, -0.25) is 4.79 Å². The summed E-state index contributed by atoms with van der Waals surface area (Å²) < 4.78 is 20.7. The predicted octanol–water partition coefficient (Wildman–Crippen LogP) is 2.54. The van der Waals surface area contributed by atoms with E-state index in [1.165, 1.54) is 0 Å². The molecule has 0 saturated carbocycles. The average molecular weight is 358 g/mol. The van der Waals surface area contributed by atoms with E-state index in [-0.39, 0.29) is 19.8 Å². The van der Waals surface area contributed by atoms with Gasteiger partial charge < -0.3 is 29.6 Å². The lowest BCUT2D eigenvalue weighted by molar-refractivity contribution is -0.134. The maximum Gasteiger partial charge on any atom is 0.319 e. The van der Waals surface area contributed by atoms with Crippen molar-refractivity contribution < 1.29 is 28.5 Å². The Morgan fingerprint density at radius 2 is 1.77 bits per heavy atom. The Bertz CT molecular complexity index is 791. The fourth-order valence-electron chi connectivity index (χ4n) is 2.25. The summed E-state index contributed by atoms with van der Waals surface area (Å²) in [6.07, 6.45) is 0.0322. The number of esters is 1. The standard InChI is InChI=1S/C18H18N2O6/c1-23-13-4-2-12(3-5-13)20-18(22)19-9-8-17(21)26-14-6-7-15-16(10-14)25-11-24-15/h2-7,10H,8-9,11H2,1H3,(H2,19,20,22). The van der Waals surface area contributed by atoms with E-state index in [1.54, 1.807) is 49.6 Å². The van der Waals surface area contributed by atoms with Crippen molar-refractivity contribution in [3.05, 3.63) is 42.5 Å². The first-order chi connectivity index (χ1) is 12.6. The van der Waals surface area contributed by atoms with Gasteiger partial charge in [0.15, 0.2) is 11.5 Å². The largest absolute Gasteiger partial charge is 0.497 e. The zero-order chi connectivity index (χ0) is 18.4. The number of nitrogens with one attached hydrogen (secondary N) is 2. The highest BCUT2D eigenvalue weighted by molar-refractivity contribution is 5.89. The number of fused-ring (bicyclic) bond motifs is 1. The van der Waals surface area contributed by atoms with E-state index in [2.05, 4.69) is 10.6 Å². The van der Waals surface area contributed by atoms with E-state index < -0.39 is 12.0 Å². The van der Waals surface area contributed by atoms with E-state index in [1.807, 2.05) is 0 Å². The predicted molar refractivity (Wildman–Crippen MR) is 92.8 cm³/mol. The van der Waals surface area contributed by atoms with Gasteiger partial charge in [0.05, 0.1) is 13.5 Å². The highest BCUT2D eigenvalue weighted by Gasteiger charge is 2.15. The lowest BCUT2D eigenvalue weighted by Gasteiger charge is -2.08. The smallest absolute Gasteiger partial charge is 0.319 e.